The van der Waals surface area contributed by atoms with E-state index in [2.05, 4.69) is 9.46 Å². The van der Waals surface area contributed by atoms with Crippen molar-refractivity contribution in [3.63, 3.8) is 0 Å². The van der Waals surface area contributed by atoms with E-state index in [-0.39, 0.29) is 23.1 Å². The molecule has 1 N–H and O–H groups in total. The van der Waals surface area contributed by atoms with Crippen LogP contribution in [0.5, 0.6) is 5.75 Å². The van der Waals surface area contributed by atoms with E-state index in [1.165, 1.54) is 24.3 Å². The monoisotopic (exact) mass is 317 g/mol. The van der Waals surface area contributed by atoms with Crippen molar-refractivity contribution in [1.82, 2.24) is 0 Å². The second-order valence-corrected chi connectivity index (χ2v) is 5.76. The molecule has 0 heterocycles. The number of rotatable bonds is 6. The van der Waals surface area contributed by atoms with Crippen molar-refractivity contribution < 1.29 is 26.3 Å². The fourth-order valence-electron chi connectivity index (χ4n) is 1.12. The summed E-state index contributed by atoms with van der Waals surface area (Å²) in [6.07, 6.45) is -4.42. The Bertz CT molecular complexity index is 502. The lowest BCUT2D eigenvalue weighted by Crippen LogP contribution is -2.19. The molecular weight excluding hydrogens is 307 g/mol. The molecule has 1 rings (SSSR count). The molecule has 0 unspecified atom stereocenters. The number of hydrogen-bond donors (Lipinski definition) is 1. The normalized spacial score (nSPS) is 12.2. The van der Waals surface area contributed by atoms with Gasteiger partial charge in [0.15, 0.2) is 6.61 Å². The van der Waals surface area contributed by atoms with Crippen molar-refractivity contribution >= 4 is 27.3 Å². The molecule has 19 heavy (non-hydrogen) atoms. The van der Waals surface area contributed by atoms with Crippen LogP contribution in [-0.4, -0.2) is 32.8 Å². The van der Waals surface area contributed by atoms with Crippen LogP contribution in [-0.2, 0) is 10.0 Å². The lowest BCUT2D eigenvalue weighted by Gasteiger charge is -2.10. The SMILES string of the molecule is O=S(=O)(CCCl)Nc1ccc(OCC(F)(F)F)cc1. The third kappa shape index (κ3) is 6.53. The molecule has 0 atom stereocenters. The van der Waals surface area contributed by atoms with Crippen molar-refractivity contribution in [2.75, 3.05) is 23.0 Å². The van der Waals surface area contributed by atoms with Crippen LogP contribution in [0.2, 0.25) is 0 Å². The maximum absolute atomic E-state index is 11.9. The largest absolute Gasteiger partial charge is 0.484 e. The standard InChI is InChI=1S/C10H11ClF3NO3S/c11-5-6-19(16,17)15-8-1-3-9(4-2-8)18-7-10(12,13)14/h1-4,15H,5-7H2. The molecule has 0 saturated carbocycles. The van der Waals surface area contributed by atoms with E-state index in [1.54, 1.807) is 0 Å². The van der Waals surface area contributed by atoms with Gasteiger partial charge in [-0.15, -0.1) is 11.6 Å². The molecule has 4 nitrogen and oxygen atoms in total. The van der Waals surface area contributed by atoms with Gasteiger partial charge < -0.3 is 4.74 Å². The summed E-state index contributed by atoms with van der Waals surface area (Å²) in [6, 6.07) is 5.09. The highest BCUT2D eigenvalue weighted by molar-refractivity contribution is 7.92. The molecule has 0 fully saturated rings. The molecule has 0 amide bonds. The topological polar surface area (TPSA) is 55.4 Å². The van der Waals surface area contributed by atoms with Crippen molar-refractivity contribution in [3.8, 4) is 5.75 Å². The first-order valence-electron chi connectivity index (χ1n) is 5.08. The Kier molecular flexibility index (Phi) is 5.30. The Balaban J connectivity index is 2.62. The Hall–Kier alpha value is -1.15. The summed E-state index contributed by atoms with van der Waals surface area (Å²) in [4.78, 5) is 0. The summed E-state index contributed by atoms with van der Waals surface area (Å²) < 4.78 is 65.1. The molecule has 0 radical (unpaired) electrons. The first kappa shape index (κ1) is 15.9. The zero-order chi connectivity index (χ0) is 14.5. The number of ether oxygens (including phenoxy) is 1. The highest BCUT2D eigenvalue weighted by Crippen LogP contribution is 2.20. The first-order chi connectivity index (χ1) is 8.72. The Morgan fingerprint density at radius 3 is 2.26 bits per heavy atom. The molecule has 0 bridgehead atoms. The highest BCUT2D eigenvalue weighted by atomic mass is 35.5. The van der Waals surface area contributed by atoms with Gasteiger partial charge in [-0.2, -0.15) is 13.2 Å². The van der Waals surface area contributed by atoms with Gasteiger partial charge in [-0.3, -0.25) is 4.72 Å². The molecule has 0 aromatic heterocycles. The molecule has 0 aliphatic heterocycles. The minimum Gasteiger partial charge on any atom is -0.484 e. The predicted molar refractivity (Wildman–Crippen MR) is 66.1 cm³/mol. The zero-order valence-corrected chi connectivity index (χ0v) is 11.1. The predicted octanol–water partition coefficient (Wildman–Crippen LogP) is 2.61. The van der Waals surface area contributed by atoms with Gasteiger partial charge in [0.25, 0.3) is 0 Å². The maximum atomic E-state index is 11.9. The second kappa shape index (κ2) is 6.33. The van der Waals surface area contributed by atoms with Gasteiger partial charge in [-0.25, -0.2) is 8.42 Å². The Morgan fingerprint density at radius 1 is 1.21 bits per heavy atom. The molecule has 1 aromatic rings. The van der Waals surface area contributed by atoms with Gasteiger partial charge in [-0.1, -0.05) is 0 Å². The van der Waals surface area contributed by atoms with E-state index in [0.717, 1.165) is 0 Å². The number of anilines is 1. The first-order valence-corrected chi connectivity index (χ1v) is 7.26. The average molecular weight is 318 g/mol. The van der Waals surface area contributed by atoms with Crippen molar-refractivity contribution in [1.29, 1.82) is 0 Å². The van der Waals surface area contributed by atoms with Crippen LogP contribution in [0.15, 0.2) is 24.3 Å². The van der Waals surface area contributed by atoms with E-state index >= 15 is 0 Å². The molecule has 0 spiro atoms. The lowest BCUT2D eigenvalue weighted by molar-refractivity contribution is -0.153. The minimum atomic E-state index is -4.42. The van der Waals surface area contributed by atoms with E-state index in [0.29, 0.717) is 0 Å². The number of nitrogens with one attached hydrogen (secondary N) is 1. The average Bonchev–Trinajstić information content (AvgIpc) is 2.26. The number of alkyl halides is 4. The van der Waals surface area contributed by atoms with Gasteiger partial charge in [0.05, 0.1) is 5.75 Å². The summed E-state index contributed by atoms with van der Waals surface area (Å²) in [5, 5.41) is 0. The van der Waals surface area contributed by atoms with Crippen LogP contribution in [0.25, 0.3) is 0 Å². The van der Waals surface area contributed by atoms with Crippen molar-refractivity contribution in [2.24, 2.45) is 0 Å². The van der Waals surface area contributed by atoms with Crippen LogP contribution >= 0.6 is 11.6 Å². The van der Waals surface area contributed by atoms with Crippen molar-refractivity contribution in [3.05, 3.63) is 24.3 Å². The van der Waals surface area contributed by atoms with Crippen LogP contribution in [0.1, 0.15) is 0 Å². The second-order valence-electron chi connectivity index (χ2n) is 3.54. The van der Waals surface area contributed by atoms with Gasteiger partial charge in [0.2, 0.25) is 10.0 Å². The highest BCUT2D eigenvalue weighted by Gasteiger charge is 2.28. The molecule has 0 saturated heterocycles. The quantitative estimate of drug-likeness (QED) is 0.821. The lowest BCUT2D eigenvalue weighted by atomic mass is 10.3. The molecule has 0 aliphatic rings. The number of sulfonamides is 1. The fourth-order valence-corrected chi connectivity index (χ4v) is 2.53. The number of halogens is 4. The summed E-state index contributed by atoms with van der Waals surface area (Å²) in [5.41, 5.74) is 0.226. The smallest absolute Gasteiger partial charge is 0.422 e. The fraction of sp³-hybridized carbons (Fsp3) is 0.400. The van der Waals surface area contributed by atoms with E-state index in [1.807, 2.05) is 0 Å². The molecule has 1 aromatic carbocycles. The van der Waals surface area contributed by atoms with Crippen LogP contribution in [0.4, 0.5) is 18.9 Å². The third-order valence-corrected chi connectivity index (χ3v) is 3.58. The van der Waals surface area contributed by atoms with Crippen LogP contribution in [0, 0.1) is 0 Å². The summed E-state index contributed by atoms with van der Waals surface area (Å²) in [6.45, 7) is -1.40. The third-order valence-electron chi connectivity index (χ3n) is 1.88. The Morgan fingerprint density at radius 2 is 1.79 bits per heavy atom. The Labute approximate surface area is 113 Å². The van der Waals surface area contributed by atoms with Gasteiger partial charge in [0.1, 0.15) is 5.75 Å². The van der Waals surface area contributed by atoms with Crippen LogP contribution in [0.3, 0.4) is 0 Å². The summed E-state index contributed by atoms with van der Waals surface area (Å²) >= 11 is 5.32. The molecule has 108 valence electrons. The molecule has 9 heteroatoms. The van der Waals surface area contributed by atoms with Crippen LogP contribution < -0.4 is 9.46 Å². The number of benzene rings is 1. The minimum absolute atomic E-state index is 0.00221. The van der Waals surface area contributed by atoms with E-state index < -0.39 is 22.8 Å². The zero-order valence-electron chi connectivity index (χ0n) is 9.58. The number of hydrogen-bond acceptors (Lipinski definition) is 3. The molecule has 0 aliphatic carbocycles. The van der Waals surface area contributed by atoms with Gasteiger partial charge >= 0.3 is 6.18 Å². The summed E-state index contributed by atoms with van der Waals surface area (Å²) in [7, 11) is -3.54. The van der Waals surface area contributed by atoms with Gasteiger partial charge in [0, 0.05) is 11.6 Å². The van der Waals surface area contributed by atoms with E-state index in [4.69, 9.17) is 11.6 Å². The van der Waals surface area contributed by atoms with Crippen molar-refractivity contribution in [2.45, 2.75) is 6.18 Å². The summed E-state index contributed by atoms with van der Waals surface area (Å²) in [5.74, 6) is -0.305. The van der Waals surface area contributed by atoms with E-state index in [9.17, 15) is 21.6 Å². The van der Waals surface area contributed by atoms with Gasteiger partial charge in [-0.05, 0) is 24.3 Å². The maximum Gasteiger partial charge on any atom is 0.422 e. The molecular formula is C10H11ClF3NO3S.